The molecular formula is C25H26N2O2S2. The van der Waals surface area contributed by atoms with Gasteiger partial charge < -0.3 is 5.32 Å². The van der Waals surface area contributed by atoms with Crippen molar-refractivity contribution in [2.24, 2.45) is 0 Å². The fraction of sp³-hybridized carbons (Fsp3) is 0.240. The number of thioether (sulfide) groups is 1. The summed E-state index contributed by atoms with van der Waals surface area (Å²) in [6.45, 7) is 3.04. The highest BCUT2D eigenvalue weighted by Crippen LogP contribution is 2.32. The first-order valence-corrected chi connectivity index (χ1v) is 11.5. The number of amides is 2. The maximum Gasteiger partial charge on any atom is 0.266 e. The molecule has 1 aliphatic rings. The number of nitrogens with one attached hydrogen (secondary N) is 1. The first kappa shape index (κ1) is 23.0. The van der Waals surface area contributed by atoms with E-state index in [4.69, 9.17) is 12.2 Å². The first-order chi connectivity index (χ1) is 15.0. The number of nitrogens with zero attached hydrogens (tertiary/aromatic N) is 1. The molecule has 6 heteroatoms. The lowest BCUT2D eigenvalue weighted by Crippen LogP contribution is -2.31. The Morgan fingerprint density at radius 1 is 1.10 bits per heavy atom. The van der Waals surface area contributed by atoms with E-state index >= 15 is 0 Å². The Bertz CT molecular complexity index is 985. The van der Waals surface area contributed by atoms with Crippen molar-refractivity contribution in [3.63, 3.8) is 0 Å². The van der Waals surface area contributed by atoms with Gasteiger partial charge >= 0.3 is 0 Å². The molecule has 31 heavy (non-hydrogen) atoms. The van der Waals surface area contributed by atoms with Crippen molar-refractivity contribution in [2.75, 3.05) is 13.1 Å². The maximum atomic E-state index is 12.7. The Kier molecular flexibility index (Phi) is 8.62. The van der Waals surface area contributed by atoms with Crippen LogP contribution in [0, 0.1) is 0 Å². The van der Waals surface area contributed by atoms with Gasteiger partial charge in [0.1, 0.15) is 4.32 Å². The van der Waals surface area contributed by atoms with Gasteiger partial charge in [-0.05, 0) is 42.5 Å². The number of carbonyl (C=O) groups excluding carboxylic acids is 2. The number of hydrogen-bond donors (Lipinski definition) is 1. The molecule has 0 atom stereocenters. The molecule has 0 spiro atoms. The molecule has 1 heterocycles. The highest BCUT2D eigenvalue weighted by molar-refractivity contribution is 8.26. The van der Waals surface area contributed by atoms with Crippen LogP contribution in [0.25, 0.3) is 6.08 Å². The predicted molar refractivity (Wildman–Crippen MR) is 132 cm³/mol. The molecule has 0 unspecified atom stereocenters. The topological polar surface area (TPSA) is 49.4 Å². The monoisotopic (exact) mass is 450 g/mol. The van der Waals surface area contributed by atoms with Crippen LogP contribution in [0.4, 0.5) is 0 Å². The molecule has 0 aliphatic carbocycles. The third-order valence-corrected chi connectivity index (χ3v) is 6.17. The summed E-state index contributed by atoms with van der Waals surface area (Å²) in [5.74, 6) is -0.0844. The van der Waals surface area contributed by atoms with E-state index < -0.39 is 0 Å². The van der Waals surface area contributed by atoms with E-state index in [2.05, 4.69) is 5.32 Å². The predicted octanol–water partition coefficient (Wildman–Crippen LogP) is 4.97. The summed E-state index contributed by atoms with van der Waals surface area (Å²) in [7, 11) is 0. The summed E-state index contributed by atoms with van der Waals surface area (Å²) in [5.41, 5.74) is 3.28. The lowest BCUT2D eigenvalue weighted by molar-refractivity contribution is -0.124. The van der Waals surface area contributed by atoms with Crippen LogP contribution in [-0.2, 0) is 16.0 Å². The highest BCUT2D eigenvalue weighted by atomic mass is 32.2. The van der Waals surface area contributed by atoms with Crippen LogP contribution in [0.15, 0.2) is 77.2 Å². The van der Waals surface area contributed by atoms with Crippen LogP contribution in [0.3, 0.4) is 0 Å². The summed E-state index contributed by atoms with van der Waals surface area (Å²) < 4.78 is 0.549. The Labute approximate surface area is 193 Å². The summed E-state index contributed by atoms with van der Waals surface area (Å²) in [5, 5.41) is 2.94. The van der Waals surface area contributed by atoms with Crippen LogP contribution >= 0.6 is 24.0 Å². The largest absolute Gasteiger partial charge is 0.356 e. The Morgan fingerprint density at radius 3 is 2.48 bits per heavy atom. The highest BCUT2D eigenvalue weighted by Gasteiger charge is 2.31. The molecule has 0 aromatic heterocycles. The average molecular weight is 451 g/mol. The van der Waals surface area contributed by atoms with Crippen molar-refractivity contribution >= 4 is 46.2 Å². The second kappa shape index (κ2) is 11.6. The molecule has 3 rings (SSSR count). The van der Waals surface area contributed by atoms with E-state index in [9.17, 15) is 9.59 Å². The summed E-state index contributed by atoms with van der Waals surface area (Å²) >= 11 is 6.71. The molecule has 160 valence electrons. The smallest absolute Gasteiger partial charge is 0.266 e. The molecule has 1 aliphatic heterocycles. The number of allylic oxidation sites excluding steroid dienone is 2. The Balaban J connectivity index is 1.44. The van der Waals surface area contributed by atoms with Gasteiger partial charge in [0.15, 0.2) is 0 Å². The van der Waals surface area contributed by atoms with Crippen molar-refractivity contribution in [2.45, 2.75) is 26.2 Å². The fourth-order valence-corrected chi connectivity index (χ4v) is 4.59. The molecular weight excluding hydrogens is 424 g/mol. The minimum absolute atomic E-state index is 0.00134. The minimum Gasteiger partial charge on any atom is -0.356 e. The zero-order chi connectivity index (χ0) is 22.1. The van der Waals surface area contributed by atoms with Gasteiger partial charge in [-0.15, -0.1) is 0 Å². The molecule has 2 aromatic carbocycles. The standard InChI is InChI=1S/C25H26N2O2S2/c1-19(17-21-11-6-3-7-12-21)18-22-24(29)27(25(30)31-22)16-8-13-23(28)26-15-14-20-9-4-2-5-10-20/h2-7,9-12,17-18H,8,13-16H2,1H3,(H,26,28)/b19-17+,22-18-. The number of carbonyl (C=O) groups is 2. The number of thiocarbonyl (C=S) groups is 1. The van der Waals surface area contributed by atoms with E-state index in [1.165, 1.54) is 17.3 Å². The maximum absolute atomic E-state index is 12.7. The summed E-state index contributed by atoms with van der Waals surface area (Å²) in [6, 6.07) is 20.0. The number of rotatable bonds is 9. The molecule has 0 saturated carbocycles. The lowest BCUT2D eigenvalue weighted by atomic mass is 10.1. The molecule has 1 N–H and O–H groups in total. The third-order valence-electron chi connectivity index (χ3n) is 4.79. The molecule has 0 bridgehead atoms. The van der Waals surface area contributed by atoms with Gasteiger partial charge in [0.2, 0.25) is 5.91 Å². The van der Waals surface area contributed by atoms with Gasteiger partial charge in [-0.3, -0.25) is 14.5 Å². The van der Waals surface area contributed by atoms with Crippen LogP contribution in [0.1, 0.15) is 30.9 Å². The van der Waals surface area contributed by atoms with Crippen molar-refractivity contribution < 1.29 is 9.59 Å². The number of benzene rings is 2. The third kappa shape index (κ3) is 7.19. The summed E-state index contributed by atoms with van der Waals surface area (Å²) in [4.78, 5) is 27.0. The van der Waals surface area contributed by atoms with Crippen molar-refractivity contribution in [1.82, 2.24) is 10.2 Å². The van der Waals surface area contributed by atoms with E-state index in [1.807, 2.05) is 79.7 Å². The molecule has 1 saturated heterocycles. The molecule has 0 radical (unpaired) electrons. The quantitative estimate of drug-likeness (QED) is 0.433. The second-order valence-electron chi connectivity index (χ2n) is 7.32. The van der Waals surface area contributed by atoms with Crippen molar-refractivity contribution in [3.8, 4) is 0 Å². The fourth-order valence-electron chi connectivity index (χ4n) is 3.23. The first-order valence-electron chi connectivity index (χ1n) is 10.3. The Morgan fingerprint density at radius 2 is 1.77 bits per heavy atom. The molecule has 2 amide bonds. The van der Waals surface area contributed by atoms with Gasteiger partial charge in [-0.2, -0.15) is 0 Å². The molecule has 4 nitrogen and oxygen atoms in total. The van der Waals surface area contributed by atoms with Gasteiger partial charge in [0.05, 0.1) is 4.91 Å². The SMILES string of the molecule is CC(/C=C1\SC(=S)N(CCCC(=O)NCCc2ccccc2)C1=O)=C\c1ccccc1. The van der Waals surface area contributed by atoms with Crippen molar-refractivity contribution in [1.29, 1.82) is 0 Å². The van der Waals surface area contributed by atoms with Crippen LogP contribution < -0.4 is 5.32 Å². The zero-order valence-corrected chi connectivity index (χ0v) is 19.2. The molecule has 1 fully saturated rings. The van der Waals surface area contributed by atoms with Crippen molar-refractivity contribution in [3.05, 3.63) is 88.3 Å². The Hall–Kier alpha value is -2.70. The van der Waals surface area contributed by atoms with Gasteiger partial charge in [-0.25, -0.2) is 0 Å². The number of hydrogen-bond acceptors (Lipinski definition) is 4. The van der Waals surface area contributed by atoms with Gasteiger partial charge in [0, 0.05) is 19.5 Å². The normalized spacial score (nSPS) is 15.6. The zero-order valence-electron chi connectivity index (χ0n) is 17.5. The van der Waals surface area contributed by atoms with Gasteiger partial charge in [0.25, 0.3) is 5.91 Å². The van der Waals surface area contributed by atoms with Crippen LogP contribution in [0.5, 0.6) is 0 Å². The van der Waals surface area contributed by atoms with E-state index in [0.717, 1.165) is 17.6 Å². The molecule has 2 aromatic rings. The van der Waals surface area contributed by atoms with E-state index in [-0.39, 0.29) is 11.8 Å². The summed E-state index contributed by atoms with van der Waals surface area (Å²) in [6.07, 6.45) is 5.67. The van der Waals surface area contributed by atoms with Crippen LogP contribution in [0.2, 0.25) is 0 Å². The minimum atomic E-state index is -0.0831. The second-order valence-corrected chi connectivity index (χ2v) is 9.00. The van der Waals surface area contributed by atoms with E-state index in [1.54, 1.807) is 4.90 Å². The van der Waals surface area contributed by atoms with Gasteiger partial charge in [-0.1, -0.05) is 90.7 Å². The van der Waals surface area contributed by atoms with E-state index in [0.29, 0.717) is 35.2 Å². The lowest BCUT2D eigenvalue weighted by Gasteiger charge is -2.14. The average Bonchev–Trinajstić information content (AvgIpc) is 3.02. The van der Waals surface area contributed by atoms with Crippen LogP contribution in [-0.4, -0.2) is 34.1 Å².